The van der Waals surface area contributed by atoms with Crippen LogP contribution < -0.4 is 4.90 Å². The molecule has 1 aliphatic rings. The Hall–Kier alpha value is -1.84. The predicted octanol–water partition coefficient (Wildman–Crippen LogP) is 2.35. The fraction of sp³-hybridized carbons (Fsp3) is 0.529. The van der Waals surface area contributed by atoms with E-state index >= 15 is 0 Å². The maximum atomic E-state index is 12.3. The van der Waals surface area contributed by atoms with E-state index in [1.165, 1.54) is 0 Å². The maximum absolute atomic E-state index is 12.3. The molecule has 0 radical (unpaired) electrons. The lowest BCUT2D eigenvalue weighted by molar-refractivity contribution is -0.130. The number of nitrogens with zero attached hydrogens (tertiary/aromatic N) is 2. The molecule has 114 valence electrons. The first-order valence-corrected chi connectivity index (χ1v) is 7.52. The van der Waals surface area contributed by atoms with Gasteiger partial charge in [0.05, 0.1) is 11.8 Å². The van der Waals surface area contributed by atoms with Gasteiger partial charge in [0.2, 0.25) is 11.8 Å². The average Bonchev–Trinajstić information content (AvgIpc) is 2.62. The minimum absolute atomic E-state index is 0.102. The van der Waals surface area contributed by atoms with E-state index in [1.807, 2.05) is 50.8 Å². The first-order valence-electron chi connectivity index (χ1n) is 7.52. The van der Waals surface area contributed by atoms with Crippen molar-refractivity contribution in [2.45, 2.75) is 39.5 Å². The van der Waals surface area contributed by atoms with Crippen molar-refractivity contribution < 1.29 is 9.59 Å². The van der Waals surface area contributed by atoms with Crippen LogP contribution >= 0.6 is 0 Å². The molecule has 2 amide bonds. The molecule has 0 saturated heterocycles. The van der Waals surface area contributed by atoms with Gasteiger partial charge in [0, 0.05) is 25.8 Å². The van der Waals surface area contributed by atoms with E-state index in [-0.39, 0.29) is 11.8 Å². The molecule has 0 fully saturated rings. The number of likely N-dealkylation sites (N-methyl/N-ethyl adjacent to an activating group) is 2. The van der Waals surface area contributed by atoms with Gasteiger partial charge in [0.1, 0.15) is 0 Å². The van der Waals surface area contributed by atoms with Crippen LogP contribution in [0.5, 0.6) is 0 Å². The summed E-state index contributed by atoms with van der Waals surface area (Å²) in [4.78, 5) is 28.0. The number of carbonyl (C=O) groups excluding carboxylic acids is 2. The fourth-order valence-electron chi connectivity index (χ4n) is 2.99. The molecule has 0 saturated carbocycles. The Morgan fingerprint density at radius 3 is 2.43 bits per heavy atom. The van der Waals surface area contributed by atoms with Crippen LogP contribution in [-0.2, 0) is 21.4 Å². The average molecular weight is 288 g/mol. The van der Waals surface area contributed by atoms with Crippen molar-refractivity contribution in [1.29, 1.82) is 0 Å². The third-order valence-corrected chi connectivity index (χ3v) is 4.41. The Morgan fingerprint density at radius 1 is 1.24 bits per heavy atom. The predicted molar refractivity (Wildman–Crippen MR) is 84.5 cm³/mol. The summed E-state index contributed by atoms with van der Waals surface area (Å²) in [6.45, 7) is 9.31. The third-order valence-electron chi connectivity index (χ3n) is 4.41. The molecule has 1 heterocycles. The quantitative estimate of drug-likeness (QED) is 0.853. The van der Waals surface area contributed by atoms with Crippen molar-refractivity contribution >= 4 is 17.5 Å². The standard InChI is InChI=1S/C17H24N2O2/c1-6-19(7-2)15(20)11-12-8-9-14-13(10-12)17(3,4)16(21)18(14)5/h8-10H,6-7,11H2,1-5H3. The van der Waals surface area contributed by atoms with E-state index in [0.29, 0.717) is 6.42 Å². The van der Waals surface area contributed by atoms with Gasteiger partial charge in [-0.05, 0) is 44.9 Å². The van der Waals surface area contributed by atoms with Crippen LogP contribution in [0.15, 0.2) is 18.2 Å². The molecule has 0 N–H and O–H groups in total. The highest BCUT2D eigenvalue weighted by Crippen LogP contribution is 2.41. The van der Waals surface area contributed by atoms with E-state index in [0.717, 1.165) is 29.9 Å². The number of anilines is 1. The Bertz CT molecular complexity index is 574. The number of carbonyl (C=O) groups is 2. The molecule has 1 aliphatic heterocycles. The second kappa shape index (κ2) is 5.51. The van der Waals surface area contributed by atoms with Crippen molar-refractivity contribution in [3.63, 3.8) is 0 Å². The minimum atomic E-state index is -0.516. The van der Waals surface area contributed by atoms with Gasteiger partial charge in [-0.15, -0.1) is 0 Å². The van der Waals surface area contributed by atoms with Gasteiger partial charge in [-0.3, -0.25) is 9.59 Å². The Morgan fingerprint density at radius 2 is 1.86 bits per heavy atom. The maximum Gasteiger partial charge on any atom is 0.236 e. The summed E-state index contributed by atoms with van der Waals surface area (Å²) in [5, 5.41) is 0. The second-order valence-corrected chi connectivity index (χ2v) is 6.08. The number of amides is 2. The lowest BCUT2D eigenvalue weighted by Gasteiger charge is -2.19. The summed E-state index contributed by atoms with van der Waals surface area (Å²) < 4.78 is 0. The Kier molecular flexibility index (Phi) is 4.08. The number of fused-ring (bicyclic) bond motifs is 1. The summed E-state index contributed by atoms with van der Waals surface area (Å²) in [5.74, 6) is 0.236. The van der Waals surface area contributed by atoms with Crippen LogP contribution in [0.2, 0.25) is 0 Å². The molecule has 4 nitrogen and oxygen atoms in total. The molecule has 0 unspecified atom stereocenters. The number of rotatable bonds is 4. The highest BCUT2D eigenvalue weighted by atomic mass is 16.2. The second-order valence-electron chi connectivity index (χ2n) is 6.08. The lowest BCUT2D eigenvalue weighted by atomic mass is 9.85. The van der Waals surface area contributed by atoms with Crippen LogP contribution in [-0.4, -0.2) is 36.9 Å². The summed E-state index contributed by atoms with van der Waals surface area (Å²) >= 11 is 0. The number of benzene rings is 1. The first kappa shape index (κ1) is 15.5. The lowest BCUT2D eigenvalue weighted by Crippen LogP contribution is -2.33. The van der Waals surface area contributed by atoms with Crippen molar-refractivity contribution in [1.82, 2.24) is 4.90 Å². The summed E-state index contributed by atoms with van der Waals surface area (Å²) in [6, 6.07) is 5.91. The van der Waals surface area contributed by atoms with Gasteiger partial charge in [-0.1, -0.05) is 12.1 Å². The molecule has 0 aromatic heterocycles. The molecule has 4 heteroatoms. The van der Waals surface area contributed by atoms with Crippen LogP contribution in [0.4, 0.5) is 5.69 Å². The minimum Gasteiger partial charge on any atom is -0.343 e. The molecule has 0 bridgehead atoms. The van der Waals surface area contributed by atoms with E-state index < -0.39 is 5.41 Å². The largest absolute Gasteiger partial charge is 0.343 e. The molecule has 0 spiro atoms. The van der Waals surface area contributed by atoms with Gasteiger partial charge in [-0.2, -0.15) is 0 Å². The molecule has 0 atom stereocenters. The zero-order valence-electron chi connectivity index (χ0n) is 13.6. The van der Waals surface area contributed by atoms with E-state index in [4.69, 9.17) is 0 Å². The van der Waals surface area contributed by atoms with Gasteiger partial charge >= 0.3 is 0 Å². The fourth-order valence-corrected chi connectivity index (χ4v) is 2.99. The molecule has 1 aromatic rings. The molecule has 1 aromatic carbocycles. The summed E-state index contributed by atoms with van der Waals surface area (Å²) in [7, 11) is 1.80. The zero-order chi connectivity index (χ0) is 15.8. The normalized spacial score (nSPS) is 16.0. The topological polar surface area (TPSA) is 40.6 Å². The third kappa shape index (κ3) is 2.55. The van der Waals surface area contributed by atoms with E-state index in [9.17, 15) is 9.59 Å². The number of hydrogen-bond acceptors (Lipinski definition) is 2. The molecule has 0 aliphatic carbocycles. The van der Waals surface area contributed by atoms with Crippen molar-refractivity contribution in [2.24, 2.45) is 0 Å². The van der Waals surface area contributed by atoms with E-state index in [1.54, 1.807) is 11.9 Å². The number of hydrogen-bond donors (Lipinski definition) is 0. The van der Waals surface area contributed by atoms with Crippen LogP contribution in [0.1, 0.15) is 38.8 Å². The Labute approximate surface area is 126 Å². The summed E-state index contributed by atoms with van der Waals surface area (Å²) in [5.41, 5.74) is 2.42. The van der Waals surface area contributed by atoms with Gasteiger partial charge in [0.15, 0.2) is 0 Å². The first-order chi connectivity index (χ1) is 9.82. The highest BCUT2D eigenvalue weighted by molar-refractivity contribution is 6.07. The highest BCUT2D eigenvalue weighted by Gasteiger charge is 2.42. The van der Waals surface area contributed by atoms with Crippen LogP contribution in [0.3, 0.4) is 0 Å². The molecular weight excluding hydrogens is 264 g/mol. The monoisotopic (exact) mass is 288 g/mol. The smallest absolute Gasteiger partial charge is 0.236 e. The molecule has 21 heavy (non-hydrogen) atoms. The Balaban J connectivity index is 2.29. The van der Waals surface area contributed by atoms with Gasteiger partial charge in [0.25, 0.3) is 0 Å². The molecule has 2 rings (SSSR count). The van der Waals surface area contributed by atoms with Gasteiger partial charge < -0.3 is 9.80 Å². The molecular formula is C17H24N2O2. The van der Waals surface area contributed by atoms with Crippen molar-refractivity contribution in [2.75, 3.05) is 25.0 Å². The van der Waals surface area contributed by atoms with Crippen molar-refractivity contribution in [3.05, 3.63) is 29.3 Å². The summed E-state index contributed by atoms with van der Waals surface area (Å²) in [6.07, 6.45) is 0.392. The van der Waals surface area contributed by atoms with Gasteiger partial charge in [-0.25, -0.2) is 0 Å². The zero-order valence-corrected chi connectivity index (χ0v) is 13.6. The SMILES string of the molecule is CCN(CC)C(=O)Cc1ccc2c(c1)C(C)(C)C(=O)N2C. The van der Waals surface area contributed by atoms with Crippen molar-refractivity contribution in [3.8, 4) is 0 Å². The van der Waals surface area contributed by atoms with Crippen LogP contribution in [0.25, 0.3) is 0 Å². The van der Waals surface area contributed by atoms with E-state index in [2.05, 4.69) is 0 Å². The van der Waals surface area contributed by atoms with Crippen LogP contribution in [0, 0.1) is 0 Å².